The summed E-state index contributed by atoms with van der Waals surface area (Å²) in [4.78, 5) is 14.7. The lowest BCUT2D eigenvalue weighted by molar-refractivity contribution is -0.147. The Morgan fingerprint density at radius 2 is 1.78 bits per heavy atom. The average Bonchev–Trinajstić information content (AvgIpc) is 3.33. The maximum atomic E-state index is 12.9. The standard InChI is InChI=1S/C27H32N2O3/c1-28-18-24(23-15-14-20-9-6-7-12-22(20)17-23)27(21-10-4-3-5-11-21)32-19-25(30)29-16-8-13-26(29)31-2/h3-7,9-12,14-15,17,24,26-28H,8,13,16,18-19H2,1-2H3/t24-,26+,27-/m1/s1. The number of rotatable bonds is 9. The first kappa shape index (κ1) is 22.5. The number of likely N-dealkylation sites (N-methyl/N-ethyl adjacent to an activating group) is 1. The molecule has 1 aliphatic heterocycles. The van der Waals surface area contributed by atoms with E-state index in [0.717, 1.165) is 31.5 Å². The summed E-state index contributed by atoms with van der Waals surface area (Å²) in [6.45, 7) is 1.49. The Morgan fingerprint density at radius 3 is 2.53 bits per heavy atom. The van der Waals surface area contributed by atoms with E-state index in [0.29, 0.717) is 0 Å². The molecule has 3 aromatic rings. The van der Waals surface area contributed by atoms with Crippen LogP contribution in [0, 0.1) is 0 Å². The molecule has 0 aromatic heterocycles. The molecule has 0 bridgehead atoms. The number of hydrogen-bond donors (Lipinski definition) is 1. The van der Waals surface area contributed by atoms with E-state index in [4.69, 9.17) is 9.47 Å². The Balaban J connectivity index is 1.61. The fourth-order valence-electron chi connectivity index (χ4n) is 4.66. The van der Waals surface area contributed by atoms with E-state index in [9.17, 15) is 4.79 Å². The number of fused-ring (bicyclic) bond motifs is 1. The molecule has 0 saturated carbocycles. The summed E-state index contributed by atoms with van der Waals surface area (Å²) in [6, 6.07) is 25.1. The van der Waals surface area contributed by atoms with Crippen molar-refractivity contribution in [3.63, 3.8) is 0 Å². The van der Waals surface area contributed by atoms with E-state index < -0.39 is 0 Å². The fraction of sp³-hybridized carbons (Fsp3) is 0.370. The van der Waals surface area contributed by atoms with Crippen molar-refractivity contribution in [3.8, 4) is 0 Å². The van der Waals surface area contributed by atoms with Gasteiger partial charge in [0.2, 0.25) is 0 Å². The second-order valence-corrected chi connectivity index (χ2v) is 8.33. The van der Waals surface area contributed by atoms with Gasteiger partial charge in [-0.3, -0.25) is 4.79 Å². The largest absolute Gasteiger partial charge is 0.363 e. The van der Waals surface area contributed by atoms with Gasteiger partial charge < -0.3 is 19.7 Å². The van der Waals surface area contributed by atoms with Gasteiger partial charge in [-0.25, -0.2) is 0 Å². The second kappa shape index (κ2) is 10.7. The highest BCUT2D eigenvalue weighted by Gasteiger charge is 2.31. The molecular formula is C27H32N2O3. The van der Waals surface area contributed by atoms with Gasteiger partial charge in [-0.05, 0) is 41.8 Å². The smallest absolute Gasteiger partial charge is 0.250 e. The highest BCUT2D eigenvalue weighted by Crippen LogP contribution is 2.35. The summed E-state index contributed by atoms with van der Waals surface area (Å²) in [5, 5.41) is 5.75. The predicted molar refractivity (Wildman–Crippen MR) is 127 cm³/mol. The van der Waals surface area contributed by atoms with Crippen LogP contribution >= 0.6 is 0 Å². The number of ether oxygens (including phenoxy) is 2. The summed E-state index contributed by atoms with van der Waals surface area (Å²) in [5.41, 5.74) is 2.26. The zero-order valence-electron chi connectivity index (χ0n) is 18.9. The minimum Gasteiger partial charge on any atom is -0.363 e. The molecule has 0 radical (unpaired) electrons. The normalized spacial score (nSPS) is 18.1. The van der Waals surface area contributed by atoms with E-state index in [1.54, 1.807) is 12.0 Å². The topological polar surface area (TPSA) is 50.8 Å². The van der Waals surface area contributed by atoms with E-state index in [1.165, 1.54) is 16.3 Å². The van der Waals surface area contributed by atoms with Crippen LogP contribution in [-0.2, 0) is 14.3 Å². The molecule has 5 nitrogen and oxygen atoms in total. The van der Waals surface area contributed by atoms with Gasteiger partial charge in [0.25, 0.3) is 5.91 Å². The van der Waals surface area contributed by atoms with Crippen molar-refractivity contribution in [3.05, 3.63) is 83.9 Å². The molecule has 0 spiro atoms. The molecule has 1 fully saturated rings. The Kier molecular flexibility index (Phi) is 7.53. The van der Waals surface area contributed by atoms with Gasteiger partial charge in [0.05, 0.1) is 6.10 Å². The van der Waals surface area contributed by atoms with Crippen LogP contribution in [0.25, 0.3) is 10.8 Å². The third-order valence-corrected chi connectivity index (χ3v) is 6.30. The first-order valence-electron chi connectivity index (χ1n) is 11.3. The first-order chi connectivity index (χ1) is 15.7. The molecule has 4 rings (SSSR count). The number of amides is 1. The Labute approximate surface area is 190 Å². The molecule has 0 aliphatic carbocycles. The van der Waals surface area contributed by atoms with Crippen molar-refractivity contribution in [1.29, 1.82) is 0 Å². The number of methoxy groups -OCH3 is 1. The summed E-state index contributed by atoms with van der Waals surface area (Å²) in [5.74, 6) is 0.0357. The lowest BCUT2D eigenvalue weighted by Gasteiger charge is -2.30. The van der Waals surface area contributed by atoms with Gasteiger partial charge in [-0.1, -0.05) is 72.8 Å². The summed E-state index contributed by atoms with van der Waals surface area (Å²) >= 11 is 0. The number of carbonyl (C=O) groups is 1. The van der Waals surface area contributed by atoms with Crippen LogP contribution in [-0.4, -0.2) is 50.9 Å². The molecular weight excluding hydrogens is 400 g/mol. The number of nitrogens with one attached hydrogen (secondary N) is 1. The second-order valence-electron chi connectivity index (χ2n) is 8.33. The van der Waals surface area contributed by atoms with Crippen molar-refractivity contribution in [2.24, 2.45) is 0 Å². The van der Waals surface area contributed by atoms with Crippen LogP contribution in [0.15, 0.2) is 72.8 Å². The third kappa shape index (κ3) is 5.01. The highest BCUT2D eigenvalue weighted by atomic mass is 16.5. The quantitative estimate of drug-likeness (QED) is 0.541. The molecule has 3 aromatic carbocycles. The van der Waals surface area contributed by atoms with E-state index in [1.807, 2.05) is 25.2 Å². The average molecular weight is 433 g/mol. The van der Waals surface area contributed by atoms with E-state index in [2.05, 4.69) is 59.9 Å². The first-order valence-corrected chi connectivity index (χ1v) is 11.3. The maximum Gasteiger partial charge on any atom is 0.250 e. The lowest BCUT2D eigenvalue weighted by atomic mass is 9.87. The molecule has 1 heterocycles. The van der Waals surface area contributed by atoms with Gasteiger partial charge in [0.1, 0.15) is 12.8 Å². The summed E-state index contributed by atoms with van der Waals surface area (Å²) < 4.78 is 11.9. The zero-order chi connectivity index (χ0) is 22.3. The van der Waals surface area contributed by atoms with Gasteiger partial charge >= 0.3 is 0 Å². The number of nitrogens with zero attached hydrogens (tertiary/aromatic N) is 1. The van der Waals surface area contributed by atoms with Gasteiger partial charge in [-0.2, -0.15) is 0 Å². The molecule has 32 heavy (non-hydrogen) atoms. The molecule has 0 unspecified atom stereocenters. The SMILES string of the molecule is CNC[C@H](c1ccc2ccccc2c1)[C@H](OCC(=O)N1CCC[C@@H]1OC)c1ccccc1. The van der Waals surface area contributed by atoms with Crippen molar-refractivity contribution >= 4 is 16.7 Å². The lowest BCUT2D eigenvalue weighted by Crippen LogP contribution is -2.39. The number of carbonyl (C=O) groups excluding carboxylic acids is 1. The van der Waals surface area contributed by atoms with Crippen LogP contribution in [0.3, 0.4) is 0 Å². The predicted octanol–water partition coefficient (Wildman–Crippen LogP) is 4.50. The van der Waals surface area contributed by atoms with Crippen LogP contribution in [0.4, 0.5) is 0 Å². The van der Waals surface area contributed by atoms with Crippen LogP contribution in [0.1, 0.15) is 36.0 Å². The molecule has 1 amide bonds. The summed E-state index contributed by atoms with van der Waals surface area (Å²) in [7, 11) is 3.61. The molecule has 1 N–H and O–H groups in total. The van der Waals surface area contributed by atoms with Crippen molar-refractivity contribution < 1.29 is 14.3 Å². The number of hydrogen-bond acceptors (Lipinski definition) is 4. The summed E-state index contributed by atoms with van der Waals surface area (Å²) in [6.07, 6.45) is 1.45. The van der Waals surface area contributed by atoms with Crippen LogP contribution in [0.2, 0.25) is 0 Å². The van der Waals surface area contributed by atoms with E-state index >= 15 is 0 Å². The molecule has 168 valence electrons. The monoisotopic (exact) mass is 432 g/mol. The minimum absolute atomic E-state index is 0.0167. The fourth-order valence-corrected chi connectivity index (χ4v) is 4.66. The third-order valence-electron chi connectivity index (χ3n) is 6.30. The Bertz CT molecular complexity index is 1020. The molecule has 1 aliphatic rings. The van der Waals surface area contributed by atoms with Gasteiger partial charge in [-0.15, -0.1) is 0 Å². The molecule has 3 atom stereocenters. The van der Waals surface area contributed by atoms with Crippen molar-refractivity contribution in [2.45, 2.75) is 31.1 Å². The molecule has 5 heteroatoms. The van der Waals surface area contributed by atoms with Gasteiger partial charge in [0, 0.05) is 26.1 Å². The zero-order valence-corrected chi connectivity index (χ0v) is 18.9. The van der Waals surface area contributed by atoms with Crippen molar-refractivity contribution in [2.75, 3.05) is 33.9 Å². The van der Waals surface area contributed by atoms with Crippen molar-refractivity contribution in [1.82, 2.24) is 10.2 Å². The maximum absolute atomic E-state index is 12.9. The van der Waals surface area contributed by atoms with E-state index in [-0.39, 0.29) is 30.8 Å². The Hall–Kier alpha value is -2.73. The van der Waals surface area contributed by atoms with Gasteiger partial charge in [0.15, 0.2) is 0 Å². The molecule has 1 saturated heterocycles. The minimum atomic E-state index is -0.252. The number of benzene rings is 3. The van der Waals surface area contributed by atoms with Crippen LogP contribution < -0.4 is 5.32 Å². The number of likely N-dealkylation sites (tertiary alicyclic amines) is 1. The van der Waals surface area contributed by atoms with Crippen LogP contribution in [0.5, 0.6) is 0 Å². The Morgan fingerprint density at radius 1 is 1.03 bits per heavy atom. The highest BCUT2D eigenvalue weighted by molar-refractivity contribution is 5.83.